The Kier molecular flexibility index (Phi) is 4.16. The van der Waals surface area contributed by atoms with Crippen LogP contribution >= 0.6 is 0 Å². The Labute approximate surface area is 140 Å². The van der Waals surface area contributed by atoms with Crippen LogP contribution in [0.3, 0.4) is 0 Å². The summed E-state index contributed by atoms with van der Waals surface area (Å²) in [5.74, 6) is 1.02. The molecule has 0 aromatic heterocycles. The first-order valence-corrected chi connectivity index (χ1v) is 7.53. The maximum absolute atomic E-state index is 11.9. The fourth-order valence-corrected chi connectivity index (χ4v) is 2.27. The molecule has 0 saturated carbocycles. The first-order valence-electron chi connectivity index (χ1n) is 7.53. The Hall–Kier alpha value is -2.95. The molecule has 0 atom stereocenters. The molecule has 0 N–H and O–H groups in total. The predicted octanol–water partition coefficient (Wildman–Crippen LogP) is 3.82. The van der Waals surface area contributed by atoms with Crippen molar-refractivity contribution >= 4 is 12.0 Å². The van der Waals surface area contributed by atoms with Gasteiger partial charge in [-0.15, -0.1) is 0 Å². The van der Waals surface area contributed by atoms with Crippen molar-refractivity contribution in [3.8, 4) is 23.0 Å². The summed E-state index contributed by atoms with van der Waals surface area (Å²) in [6.45, 7) is 7.11. The lowest BCUT2D eigenvalue weighted by atomic mass is 10.2. The molecule has 5 nitrogen and oxygen atoms in total. The van der Waals surface area contributed by atoms with E-state index in [1.165, 1.54) is 0 Å². The zero-order chi connectivity index (χ0) is 17.2. The molecule has 0 amide bonds. The summed E-state index contributed by atoms with van der Waals surface area (Å²) >= 11 is 0. The maximum atomic E-state index is 11.9. The molecule has 2 aromatic rings. The van der Waals surface area contributed by atoms with Crippen molar-refractivity contribution in [1.82, 2.24) is 0 Å². The first kappa shape index (κ1) is 15.9. The number of carbonyl (C=O) groups is 1. The van der Waals surface area contributed by atoms with Gasteiger partial charge in [-0.2, -0.15) is 0 Å². The van der Waals surface area contributed by atoms with Crippen molar-refractivity contribution in [2.75, 3.05) is 6.61 Å². The van der Waals surface area contributed by atoms with Crippen LogP contribution in [0.5, 0.6) is 23.0 Å². The van der Waals surface area contributed by atoms with Crippen LogP contribution in [-0.4, -0.2) is 18.4 Å². The van der Waals surface area contributed by atoms with Crippen molar-refractivity contribution in [3.05, 3.63) is 54.6 Å². The van der Waals surface area contributed by atoms with E-state index in [1.807, 2.05) is 26.0 Å². The van der Waals surface area contributed by atoms with E-state index in [0.717, 1.165) is 5.56 Å². The number of esters is 1. The van der Waals surface area contributed by atoms with Crippen LogP contribution in [0.1, 0.15) is 19.4 Å². The third-order valence-corrected chi connectivity index (χ3v) is 3.33. The summed E-state index contributed by atoms with van der Waals surface area (Å²) in [7, 11) is 0. The third kappa shape index (κ3) is 3.68. The summed E-state index contributed by atoms with van der Waals surface area (Å²) in [5.41, 5.74) is 0.953. The smallest absolute Gasteiger partial charge is 0.349 e. The van der Waals surface area contributed by atoms with Gasteiger partial charge in [0.15, 0.2) is 18.1 Å². The van der Waals surface area contributed by atoms with Gasteiger partial charge in [0.1, 0.15) is 11.5 Å². The minimum Gasteiger partial charge on any atom is -0.482 e. The molecule has 0 unspecified atom stereocenters. The molecule has 2 aromatic carbocycles. The van der Waals surface area contributed by atoms with Gasteiger partial charge in [0.2, 0.25) is 5.79 Å². The fourth-order valence-electron chi connectivity index (χ4n) is 2.27. The van der Waals surface area contributed by atoms with Crippen LogP contribution in [0.25, 0.3) is 6.08 Å². The molecule has 0 saturated heterocycles. The highest BCUT2D eigenvalue weighted by Gasteiger charge is 2.31. The van der Waals surface area contributed by atoms with Gasteiger partial charge < -0.3 is 18.9 Å². The minimum atomic E-state index is -0.697. The molecule has 1 aliphatic heterocycles. The van der Waals surface area contributed by atoms with Crippen LogP contribution in [-0.2, 0) is 4.79 Å². The summed E-state index contributed by atoms with van der Waals surface area (Å²) in [4.78, 5) is 11.9. The number of hydrogen-bond donors (Lipinski definition) is 0. The molecule has 0 bridgehead atoms. The van der Waals surface area contributed by atoms with E-state index < -0.39 is 11.8 Å². The summed E-state index contributed by atoms with van der Waals surface area (Å²) in [5, 5.41) is 0. The number of hydrogen-bond acceptors (Lipinski definition) is 5. The zero-order valence-corrected chi connectivity index (χ0v) is 13.6. The monoisotopic (exact) mass is 326 g/mol. The molecule has 0 radical (unpaired) electrons. The Morgan fingerprint density at radius 2 is 1.75 bits per heavy atom. The number of benzene rings is 2. The minimum absolute atomic E-state index is 0.202. The quantitative estimate of drug-likeness (QED) is 0.617. The van der Waals surface area contributed by atoms with Crippen molar-refractivity contribution in [2.24, 2.45) is 0 Å². The van der Waals surface area contributed by atoms with Crippen LogP contribution in [0.4, 0.5) is 0 Å². The van der Waals surface area contributed by atoms with E-state index in [0.29, 0.717) is 23.0 Å². The van der Waals surface area contributed by atoms with Gasteiger partial charge >= 0.3 is 5.97 Å². The van der Waals surface area contributed by atoms with Crippen molar-refractivity contribution in [2.45, 2.75) is 19.6 Å². The number of fused-ring (bicyclic) bond motifs is 1. The van der Waals surface area contributed by atoms with Crippen LogP contribution in [0.15, 0.2) is 49.0 Å². The van der Waals surface area contributed by atoms with Crippen molar-refractivity contribution < 1.29 is 23.7 Å². The molecule has 0 aliphatic carbocycles. The highest BCUT2D eigenvalue weighted by Crippen LogP contribution is 2.41. The Morgan fingerprint density at radius 1 is 1.08 bits per heavy atom. The van der Waals surface area contributed by atoms with Crippen LogP contribution in [0.2, 0.25) is 0 Å². The lowest BCUT2D eigenvalue weighted by molar-refractivity contribution is -0.136. The van der Waals surface area contributed by atoms with Gasteiger partial charge in [0, 0.05) is 19.9 Å². The Bertz CT molecular complexity index is 762. The standard InChI is InChI=1S/C19H18O5/c1-4-13-5-7-14(8-6-13)22-18(20)12-21-15-9-10-16-17(11-15)24-19(2,3)23-16/h4-11H,1,12H2,2-3H3. The van der Waals surface area contributed by atoms with Gasteiger partial charge in [0.05, 0.1) is 0 Å². The molecule has 124 valence electrons. The molecule has 5 heteroatoms. The molecule has 24 heavy (non-hydrogen) atoms. The summed E-state index contributed by atoms with van der Waals surface area (Å²) < 4.78 is 21.9. The molecular weight excluding hydrogens is 308 g/mol. The fraction of sp³-hybridized carbons (Fsp3) is 0.211. The molecule has 1 aliphatic rings. The normalized spacial score (nSPS) is 14.1. The number of carbonyl (C=O) groups excluding carboxylic acids is 1. The zero-order valence-electron chi connectivity index (χ0n) is 13.6. The molecule has 0 fully saturated rings. The lowest BCUT2D eigenvalue weighted by Crippen LogP contribution is -2.29. The average Bonchev–Trinajstić information content (AvgIpc) is 2.86. The van der Waals surface area contributed by atoms with Gasteiger partial charge in [-0.1, -0.05) is 24.8 Å². The molecular formula is C19H18O5. The van der Waals surface area contributed by atoms with Crippen molar-refractivity contribution in [3.63, 3.8) is 0 Å². The summed E-state index contributed by atoms with van der Waals surface area (Å²) in [6.07, 6.45) is 1.72. The maximum Gasteiger partial charge on any atom is 0.349 e. The molecule has 0 spiro atoms. The van der Waals surface area contributed by atoms with Gasteiger partial charge in [-0.05, 0) is 29.8 Å². The Morgan fingerprint density at radius 3 is 2.46 bits per heavy atom. The van der Waals surface area contributed by atoms with Gasteiger partial charge in [0.25, 0.3) is 0 Å². The van der Waals surface area contributed by atoms with Crippen LogP contribution < -0.4 is 18.9 Å². The number of ether oxygens (including phenoxy) is 4. The van der Waals surface area contributed by atoms with Gasteiger partial charge in [-0.25, -0.2) is 4.79 Å². The van der Waals surface area contributed by atoms with E-state index in [2.05, 4.69) is 6.58 Å². The number of rotatable bonds is 5. The van der Waals surface area contributed by atoms with E-state index in [1.54, 1.807) is 36.4 Å². The van der Waals surface area contributed by atoms with Gasteiger partial charge in [-0.3, -0.25) is 0 Å². The molecule has 3 rings (SSSR count). The van der Waals surface area contributed by atoms with Crippen LogP contribution in [0, 0.1) is 0 Å². The first-order chi connectivity index (χ1) is 11.4. The highest BCUT2D eigenvalue weighted by atomic mass is 16.7. The second-order valence-electron chi connectivity index (χ2n) is 5.75. The predicted molar refractivity (Wildman–Crippen MR) is 89.4 cm³/mol. The van der Waals surface area contributed by atoms with E-state index in [-0.39, 0.29) is 6.61 Å². The van der Waals surface area contributed by atoms with Crippen molar-refractivity contribution in [1.29, 1.82) is 0 Å². The topological polar surface area (TPSA) is 54.0 Å². The second-order valence-corrected chi connectivity index (χ2v) is 5.75. The molecule has 1 heterocycles. The Balaban J connectivity index is 1.56. The van der Waals surface area contributed by atoms with E-state index in [4.69, 9.17) is 18.9 Å². The SMILES string of the molecule is C=Cc1ccc(OC(=O)COc2ccc3c(c2)OC(C)(C)O3)cc1. The second kappa shape index (κ2) is 6.28. The van der Waals surface area contributed by atoms with E-state index in [9.17, 15) is 4.79 Å². The highest BCUT2D eigenvalue weighted by molar-refractivity contribution is 5.74. The lowest BCUT2D eigenvalue weighted by Gasteiger charge is -2.16. The third-order valence-electron chi connectivity index (χ3n) is 3.33. The van der Waals surface area contributed by atoms with E-state index >= 15 is 0 Å². The largest absolute Gasteiger partial charge is 0.482 e. The summed E-state index contributed by atoms with van der Waals surface area (Å²) in [6, 6.07) is 12.2. The average molecular weight is 326 g/mol.